The number of hydrogen-bond acceptors (Lipinski definition) is 5. The van der Waals surface area contributed by atoms with E-state index in [0.29, 0.717) is 12.8 Å². The Morgan fingerprint density at radius 1 is 0.564 bits per heavy atom. The standard InChI is InChI=1S/C34H64O5/c1-3-5-7-9-11-13-15-16-17-19-21-23-25-27-29-34(37)39-32(30-35)31-38-33(36)28-26-24-22-20-18-14-12-10-8-6-4-2/h10,12,32,35H,3-9,11,13-31H2,1-2H3/b12-10+/t32-/m0/s1. The summed E-state index contributed by atoms with van der Waals surface area (Å²) in [5.41, 5.74) is 0. The number of hydrogen-bond donors (Lipinski definition) is 1. The van der Waals surface area contributed by atoms with Crippen LogP contribution < -0.4 is 0 Å². The van der Waals surface area contributed by atoms with Crippen molar-refractivity contribution in [2.45, 2.75) is 180 Å². The lowest BCUT2D eigenvalue weighted by molar-refractivity contribution is -0.161. The Labute approximate surface area is 241 Å². The Morgan fingerprint density at radius 3 is 1.46 bits per heavy atom. The van der Waals surface area contributed by atoms with Gasteiger partial charge in [-0.25, -0.2) is 0 Å². The average molecular weight is 553 g/mol. The third kappa shape index (κ3) is 29.4. The second-order valence-electron chi connectivity index (χ2n) is 11.2. The van der Waals surface area contributed by atoms with Gasteiger partial charge in [0, 0.05) is 12.8 Å². The summed E-state index contributed by atoms with van der Waals surface area (Å²) in [6.45, 7) is 4.08. The van der Waals surface area contributed by atoms with Crippen molar-refractivity contribution in [3.8, 4) is 0 Å². The van der Waals surface area contributed by atoms with E-state index >= 15 is 0 Å². The van der Waals surface area contributed by atoms with Crippen LogP contribution in [0.1, 0.15) is 174 Å². The van der Waals surface area contributed by atoms with Crippen molar-refractivity contribution in [1.29, 1.82) is 0 Å². The summed E-state index contributed by atoms with van der Waals surface area (Å²) in [6.07, 6.45) is 32.6. The summed E-state index contributed by atoms with van der Waals surface area (Å²) in [6, 6.07) is 0. The topological polar surface area (TPSA) is 72.8 Å². The molecule has 0 fully saturated rings. The van der Waals surface area contributed by atoms with Gasteiger partial charge in [-0.3, -0.25) is 9.59 Å². The van der Waals surface area contributed by atoms with Crippen LogP contribution in [0.25, 0.3) is 0 Å². The number of unbranched alkanes of at least 4 members (excludes halogenated alkanes) is 20. The summed E-state index contributed by atoms with van der Waals surface area (Å²) in [5.74, 6) is -0.598. The maximum Gasteiger partial charge on any atom is 0.306 e. The van der Waals surface area contributed by atoms with Crippen molar-refractivity contribution in [2.24, 2.45) is 0 Å². The van der Waals surface area contributed by atoms with Crippen LogP contribution in [0.2, 0.25) is 0 Å². The van der Waals surface area contributed by atoms with Crippen LogP contribution in [0.15, 0.2) is 12.2 Å². The van der Waals surface area contributed by atoms with Crippen LogP contribution in [0.3, 0.4) is 0 Å². The molecular formula is C34H64O5. The number of ether oxygens (including phenoxy) is 2. The fourth-order valence-electron chi connectivity index (χ4n) is 4.71. The van der Waals surface area contributed by atoms with Crippen LogP contribution >= 0.6 is 0 Å². The quantitative estimate of drug-likeness (QED) is 0.0545. The van der Waals surface area contributed by atoms with Crippen molar-refractivity contribution >= 4 is 11.9 Å². The molecule has 0 rings (SSSR count). The Kier molecular flexibility index (Phi) is 30.1. The highest BCUT2D eigenvalue weighted by molar-refractivity contribution is 5.70. The number of carbonyl (C=O) groups is 2. The summed E-state index contributed by atoms with van der Waals surface area (Å²) in [4.78, 5) is 24.1. The molecule has 39 heavy (non-hydrogen) atoms. The first-order valence-electron chi connectivity index (χ1n) is 16.7. The van der Waals surface area contributed by atoms with Gasteiger partial charge >= 0.3 is 11.9 Å². The molecule has 230 valence electrons. The molecule has 0 heterocycles. The molecule has 0 aliphatic heterocycles. The molecule has 0 spiro atoms. The van der Waals surface area contributed by atoms with Gasteiger partial charge in [-0.1, -0.05) is 142 Å². The van der Waals surface area contributed by atoms with Crippen LogP contribution in [-0.4, -0.2) is 36.4 Å². The lowest BCUT2D eigenvalue weighted by Crippen LogP contribution is -2.28. The van der Waals surface area contributed by atoms with Gasteiger partial charge in [0.1, 0.15) is 6.61 Å². The maximum absolute atomic E-state index is 12.1. The average Bonchev–Trinajstić information content (AvgIpc) is 2.94. The van der Waals surface area contributed by atoms with Crippen LogP contribution in [-0.2, 0) is 19.1 Å². The van der Waals surface area contributed by atoms with E-state index in [1.165, 1.54) is 103 Å². The van der Waals surface area contributed by atoms with Crippen molar-refractivity contribution in [3.05, 3.63) is 12.2 Å². The molecule has 1 atom stereocenters. The highest BCUT2D eigenvalue weighted by Gasteiger charge is 2.16. The predicted octanol–water partition coefficient (Wildman–Crippen LogP) is 9.78. The van der Waals surface area contributed by atoms with E-state index in [-0.39, 0.29) is 25.2 Å². The van der Waals surface area contributed by atoms with E-state index in [2.05, 4.69) is 26.0 Å². The first kappa shape index (κ1) is 37.6. The first-order chi connectivity index (χ1) is 19.1. The van der Waals surface area contributed by atoms with Gasteiger partial charge in [-0.2, -0.15) is 0 Å². The van der Waals surface area contributed by atoms with Gasteiger partial charge in [-0.15, -0.1) is 0 Å². The molecule has 0 radical (unpaired) electrons. The molecule has 0 bridgehead atoms. The third-order valence-corrected chi connectivity index (χ3v) is 7.31. The largest absolute Gasteiger partial charge is 0.462 e. The smallest absolute Gasteiger partial charge is 0.306 e. The van der Waals surface area contributed by atoms with Gasteiger partial charge in [0.25, 0.3) is 0 Å². The highest BCUT2D eigenvalue weighted by Crippen LogP contribution is 2.14. The summed E-state index contributed by atoms with van der Waals surface area (Å²) in [5, 5.41) is 9.49. The van der Waals surface area contributed by atoms with Gasteiger partial charge in [0.2, 0.25) is 0 Å². The molecule has 5 nitrogen and oxygen atoms in total. The Hall–Kier alpha value is -1.36. The van der Waals surface area contributed by atoms with Gasteiger partial charge in [-0.05, 0) is 32.1 Å². The zero-order chi connectivity index (χ0) is 28.7. The maximum atomic E-state index is 12.1. The minimum Gasteiger partial charge on any atom is -0.462 e. The van der Waals surface area contributed by atoms with E-state index in [9.17, 15) is 14.7 Å². The molecule has 0 aliphatic rings. The highest BCUT2D eigenvalue weighted by atomic mass is 16.6. The van der Waals surface area contributed by atoms with Gasteiger partial charge < -0.3 is 14.6 Å². The van der Waals surface area contributed by atoms with E-state index in [1.807, 2.05) is 0 Å². The van der Waals surface area contributed by atoms with Crippen molar-refractivity contribution < 1.29 is 24.2 Å². The molecule has 1 N–H and O–H groups in total. The minimum absolute atomic E-state index is 0.0653. The molecule has 0 saturated heterocycles. The Morgan fingerprint density at radius 2 is 0.974 bits per heavy atom. The SMILES string of the molecule is CCCC/C=C/CCCCCCCC(=O)OC[C@H](CO)OC(=O)CCCCCCCCCCCCCCCC. The first-order valence-corrected chi connectivity index (χ1v) is 16.7. The van der Waals surface area contributed by atoms with Crippen LogP contribution in [0.5, 0.6) is 0 Å². The van der Waals surface area contributed by atoms with E-state index in [1.54, 1.807) is 0 Å². The summed E-state index contributed by atoms with van der Waals surface area (Å²) in [7, 11) is 0. The second-order valence-corrected chi connectivity index (χ2v) is 11.2. The zero-order valence-electron chi connectivity index (χ0n) is 25.9. The molecule has 0 aromatic carbocycles. The molecule has 0 aromatic rings. The monoisotopic (exact) mass is 552 g/mol. The fraction of sp³-hybridized carbons (Fsp3) is 0.882. The number of esters is 2. The molecule has 0 amide bonds. The summed E-state index contributed by atoms with van der Waals surface area (Å²) < 4.78 is 10.5. The van der Waals surface area contributed by atoms with Crippen molar-refractivity contribution in [2.75, 3.05) is 13.2 Å². The molecule has 0 aliphatic carbocycles. The van der Waals surface area contributed by atoms with Gasteiger partial charge in [0.05, 0.1) is 6.61 Å². The number of aliphatic hydroxyl groups is 1. The lowest BCUT2D eigenvalue weighted by atomic mass is 10.0. The number of aliphatic hydroxyl groups excluding tert-OH is 1. The summed E-state index contributed by atoms with van der Waals surface area (Å²) >= 11 is 0. The van der Waals surface area contributed by atoms with Crippen LogP contribution in [0.4, 0.5) is 0 Å². The molecule has 0 unspecified atom stereocenters. The minimum atomic E-state index is -0.765. The number of carbonyl (C=O) groups excluding carboxylic acids is 2. The van der Waals surface area contributed by atoms with E-state index in [4.69, 9.17) is 9.47 Å². The Balaban J connectivity index is 3.56. The van der Waals surface area contributed by atoms with E-state index in [0.717, 1.165) is 44.9 Å². The predicted molar refractivity (Wildman–Crippen MR) is 164 cm³/mol. The fourth-order valence-corrected chi connectivity index (χ4v) is 4.71. The van der Waals surface area contributed by atoms with Crippen molar-refractivity contribution in [1.82, 2.24) is 0 Å². The van der Waals surface area contributed by atoms with E-state index < -0.39 is 6.10 Å². The van der Waals surface area contributed by atoms with Crippen LogP contribution in [0, 0.1) is 0 Å². The zero-order valence-corrected chi connectivity index (χ0v) is 25.9. The van der Waals surface area contributed by atoms with Crippen molar-refractivity contribution in [3.63, 3.8) is 0 Å². The molecular weight excluding hydrogens is 488 g/mol. The number of rotatable bonds is 30. The number of allylic oxidation sites excluding steroid dienone is 2. The molecule has 0 saturated carbocycles. The molecule has 5 heteroatoms. The normalized spacial score (nSPS) is 12.2. The van der Waals surface area contributed by atoms with Gasteiger partial charge in [0.15, 0.2) is 6.10 Å². The lowest BCUT2D eigenvalue weighted by Gasteiger charge is -2.15. The third-order valence-electron chi connectivity index (χ3n) is 7.31. The Bertz CT molecular complexity index is 560. The molecule has 0 aromatic heterocycles. The second kappa shape index (κ2) is 31.2.